The summed E-state index contributed by atoms with van der Waals surface area (Å²) >= 11 is 0. The van der Waals surface area contributed by atoms with Crippen LogP contribution in [0.1, 0.15) is 20.3 Å². The lowest BCUT2D eigenvalue weighted by Gasteiger charge is -2.27. The predicted molar refractivity (Wildman–Crippen MR) is 65.8 cm³/mol. The van der Waals surface area contributed by atoms with Gasteiger partial charge in [0.1, 0.15) is 6.04 Å². The van der Waals surface area contributed by atoms with Crippen molar-refractivity contribution in [2.75, 3.05) is 0 Å². The number of aliphatic carboxylic acids is 1. The standard InChI is InChI=1S/C14H17NO4/c1-6(2)11(14(18)19)15-12(16)9-7-3-4-8(5-7)10(9)13(15)17/h3-4,6-11H,5H2,1-2H3,(H,18,19)/t7-,8+,9-,10+,11-/m1/s1. The number of likely N-dealkylation sites (tertiary alicyclic amines) is 1. The second kappa shape index (κ2) is 3.92. The van der Waals surface area contributed by atoms with E-state index in [4.69, 9.17) is 0 Å². The van der Waals surface area contributed by atoms with E-state index in [-0.39, 0.29) is 41.4 Å². The molecule has 2 bridgehead atoms. The zero-order valence-corrected chi connectivity index (χ0v) is 10.9. The molecule has 0 radical (unpaired) electrons. The third-order valence-electron chi connectivity index (χ3n) is 4.67. The number of imide groups is 1. The Morgan fingerprint density at radius 2 is 1.68 bits per heavy atom. The van der Waals surface area contributed by atoms with E-state index in [1.807, 2.05) is 12.2 Å². The summed E-state index contributed by atoms with van der Waals surface area (Å²) in [4.78, 5) is 37.3. The average molecular weight is 263 g/mol. The minimum absolute atomic E-state index is 0.123. The predicted octanol–water partition coefficient (Wildman–Crippen LogP) is 0.903. The molecule has 19 heavy (non-hydrogen) atoms. The van der Waals surface area contributed by atoms with E-state index in [1.54, 1.807) is 13.8 Å². The summed E-state index contributed by atoms with van der Waals surface area (Å²) in [6.45, 7) is 3.45. The van der Waals surface area contributed by atoms with E-state index in [2.05, 4.69) is 0 Å². The number of allylic oxidation sites excluding steroid dienone is 2. The molecule has 5 atom stereocenters. The summed E-state index contributed by atoms with van der Waals surface area (Å²) in [5.74, 6) is -2.34. The molecule has 1 N–H and O–H groups in total. The van der Waals surface area contributed by atoms with Gasteiger partial charge in [0.25, 0.3) is 0 Å². The molecule has 0 unspecified atom stereocenters. The van der Waals surface area contributed by atoms with Gasteiger partial charge in [-0.05, 0) is 24.2 Å². The van der Waals surface area contributed by atoms with E-state index in [9.17, 15) is 19.5 Å². The molecular weight excluding hydrogens is 246 g/mol. The molecular formula is C14H17NO4. The third kappa shape index (κ3) is 1.50. The van der Waals surface area contributed by atoms with Gasteiger partial charge in [-0.25, -0.2) is 4.79 Å². The van der Waals surface area contributed by atoms with Crippen LogP contribution in [-0.4, -0.2) is 33.8 Å². The van der Waals surface area contributed by atoms with E-state index in [0.29, 0.717) is 0 Å². The molecule has 1 saturated heterocycles. The Morgan fingerprint density at radius 1 is 1.21 bits per heavy atom. The molecule has 3 rings (SSSR count). The monoisotopic (exact) mass is 263 g/mol. The Kier molecular flexibility index (Phi) is 2.56. The molecule has 2 aliphatic carbocycles. The molecule has 5 nitrogen and oxygen atoms in total. The van der Waals surface area contributed by atoms with E-state index in [1.165, 1.54) is 0 Å². The first-order chi connectivity index (χ1) is 8.93. The highest BCUT2D eigenvalue weighted by atomic mass is 16.4. The van der Waals surface area contributed by atoms with Crippen LogP contribution in [0, 0.1) is 29.6 Å². The van der Waals surface area contributed by atoms with E-state index in [0.717, 1.165) is 11.3 Å². The highest BCUT2D eigenvalue weighted by Crippen LogP contribution is 2.53. The van der Waals surface area contributed by atoms with Gasteiger partial charge < -0.3 is 5.11 Å². The zero-order chi connectivity index (χ0) is 13.9. The van der Waals surface area contributed by atoms with Crippen LogP contribution in [0.3, 0.4) is 0 Å². The summed E-state index contributed by atoms with van der Waals surface area (Å²) in [7, 11) is 0. The summed E-state index contributed by atoms with van der Waals surface area (Å²) in [6.07, 6.45) is 4.87. The number of hydrogen-bond acceptors (Lipinski definition) is 3. The molecule has 0 aromatic heterocycles. The van der Waals surface area contributed by atoms with Crippen molar-refractivity contribution in [1.82, 2.24) is 4.90 Å². The molecule has 0 spiro atoms. The molecule has 102 valence electrons. The molecule has 1 saturated carbocycles. The second-order valence-electron chi connectivity index (χ2n) is 6.07. The molecule has 1 aliphatic heterocycles. The van der Waals surface area contributed by atoms with Crippen molar-refractivity contribution in [1.29, 1.82) is 0 Å². The van der Waals surface area contributed by atoms with Gasteiger partial charge in [-0.1, -0.05) is 26.0 Å². The summed E-state index contributed by atoms with van der Waals surface area (Å²) in [5, 5.41) is 9.29. The smallest absolute Gasteiger partial charge is 0.327 e. The normalized spacial score (nSPS) is 37.3. The number of fused-ring (bicyclic) bond motifs is 5. The zero-order valence-electron chi connectivity index (χ0n) is 10.9. The molecule has 2 fully saturated rings. The Morgan fingerprint density at radius 3 is 2.05 bits per heavy atom. The lowest BCUT2D eigenvalue weighted by Crippen LogP contribution is -2.49. The average Bonchev–Trinajstić information content (AvgIpc) is 2.97. The van der Waals surface area contributed by atoms with Crippen LogP contribution in [-0.2, 0) is 14.4 Å². The van der Waals surface area contributed by atoms with Crippen molar-refractivity contribution < 1.29 is 19.5 Å². The van der Waals surface area contributed by atoms with Crippen molar-refractivity contribution in [3.8, 4) is 0 Å². The molecule has 1 heterocycles. The Bertz CT molecular complexity index is 466. The maximum atomic E-state index is 12.4. The quantitative estimate of drug-likeness (QED) is 0.606. The molecule has 0 aromatic carbocycles. The SMILES string of the molecule is CC(C)[C@H](C(=O)O)N1C(=O)[C@@H]2[C@H](C1=O)[C@@H]1C=C[C@H]2C1. The van der Waals surface area contributed by atoms with Crippen molar-refractivity contribution in [3.05, 3.63) is 12.2 Å². The van der Waals surface area contributed by atoms with E-state index >= 15 is 0 Å². The van der Waals surface area contributed by atoms with Gasteiger partial charge in [0.2, 0.25) is 11.8 Å². The van der Waals surface area contributed by atoms with Crippen LogP contribution < -0.4 is 0 Å². The number of hydrogen-bond donors (Lipinski definition) is 1. The van der Waals surface area contributed by atoms with Crippen LogP contribution in [0.25, 0.3) is 0 Å². The number of rotatable bonds is 3. The second-order valence-corrected chi connectivity index (χ2v) is 6.07. The van der Waals surface area contributed by atoms with Crippen LogP contribution in [0.15, 0.2) is 12.2 Å². The topological polar surface area (TPSA) is 74.7 Å². The van der Waals surface area contributed by atoms with Gasteiger partial charge in [-0.3, -0.25) is 14.5 Å². The molecule has 5 heteroatoms. The van der Waals surface area contributed by atoms with Gasteiger partial charge in [-0.2, -0.15) is 0 Å². The Balaban J connectivity index is 1.96. The summed E-state index contributed by atoms with van der Waals surface area (Å²) in [5.41, 5.74) is 0. The number of carbonyl (C=O) groups excluding carboxylic acids is 2. The summed E-state index contributed by atoms with van der Waals surface area (Å²) < 4.78 is 0. The Hall–Kier alpha value is -1.65. The van der Waals surface area contributed by atoms with Gasteiger partial charge in [-0.15, -0.1) is 0 Å². The minimum atomic E-state index is -1.10. The first-order valence-corrected chi connectivity index (χ1v) is 6.71. The fourth-order valence-corrected chi connectivity index (χ4v) is 3.89. The largest absolute Gasteiger partial charge is 0.480 e. The maximum Gasteiger partial charge on any atom is 0.327 e. The van der Waals surface area contributed by atoms with Gasteiger partial charge in [0.15, 0.2) is 0 Å². The Labute approximate surface area is 111 Å². The van der Waals surface area contributed by atoms with Crippen LogP contribution in [0.4, 0.5) is 0 Å². The number of amides is 2. The molecule has 2 amide bonds. The number of carboxylic acid groups (broad SMARTS) is 1. The van der Waals surface area contributed by atoms with Gasteiger partial charge >= 0.3 is 5.97 Å². The maximum absolute atomic E-state index is 12.4. The van der Waals surface area contributed by atoms with Crippen molar-refractivity contribution in [2.45, 2.75) is 26.3 Å². The first-order valence-electron chi connectivity index (χ1n) is 6.71. The highest BCUT2D eigenvalue weighted by molar-refractivity contribution is 6.08. The van der Waals surface area contributed by atoms with Crippen molar-refractivity contribution >= 4 is 17.8 Å². The van der Waals surface area contributed by atoms with Crippen molar-refractivity contribution in [3.63, 3.8) is 0 Å². The van der Waals surface area contributed by atoms with Crippen LogP contribution in [0.2, 0.25) is 0 Å². The number of nitrogens with zero attached hydrogens (tertiary/aromatic N) is 1. The molecule has 3 aliphatic rings. The van der Waals surface area contributed by atoms with Crippen LogP contribution >= 0.6 is 0 Å². The first kappa shape index (κ1) is 12.4. The number of carbonyl (C=O) groups is 3. The highest BCUT2D eigenvalue weighted by Gasteiger charge is 2.61. The number of carboxylic acids is 1. The van der Waals surface area contributed by atoms with Crippen LogP contribution in [0.5, 0.6) is 0 Å². The minimum Gasteiger partial charge on any atom is -0.480 e. The summed E-state index contributed by atoms with van der Waals surface area (Å²) in [6, 6.07) is -1.04. The molecule has 0 aromatic rings. The lowest BCUT2D eigenvalue weighted by molar-refractivity contribution is -0.157. The van der Waals surface area contributed by atoms with Gasteiger partial charge in [0, 0.05) is 0 Å². The van der Waals surface area contributed by atoms with E-state index < -0.39 is 12.0 Å². The fraction of sp³-hybridized carbons (Fsp3) is 0.643. The third-order valence-corrected chi connectivity index (χ3v) is 4.67. The van der Waals surface area contributed by atoms with Gasteiger partial charge in [0.05, 0.1) is 11.8 Å². The lowest BCUT2D eigenvalue weighted by atomic mass is 9.85. The fourth-order valence-electron chi connectivity index (χ4n) is 3.89. The van der Waals surface area contributed by atoms with Crippen molar-refractivity contribution in [2.24, 2.45) is 29.6 Å².